The second-order valence-corrected chi connectivity index (χ2v) is 3.56. The minimum atomic E-state index is -0.304. The van der Waals surface area contributed by atoms with E-state index in [9.17, 15) is 9.59 Å². The second-order valence-electron chi connectivity index (χ2n) is 3.56. The maximum Gasteiger partial charge on any atom is 0.324 e. The Kier molecular flexibility index (Phi) is 2.41. The van der Waals surface area contributed by atoms with E-state index in [4.69, 9.17) is 0 Å². The van der Waals surface area contributed by atoms with E-state index in [1.165, 1.54) is 4.90 Å². The van der Waals surface area contributed by atoms with Crippen molar-refractivity contribution in [3.05, 3.63) is 35.4 Å². The van der Waals surface area contributed by atoms with Gasteiger partial charge in [0.15, 0.2) is 0 Å². The van der Waals surface area contributed by atoms with Crippen molar-refractivity contribution >= 4 is 11.9 Å². The first-order valence-electron chi connectivity index (χ1n) is 4.85. The molecule has 0 bridgehead atoms. The Morgan fingerprint density at radius 2 is 2.27 bits per heavy atom. The molecule has 1 heterocycles. The van der Waals surface area contributed by atoms with E-state index in [1.807, 2.05) is 19.1 Å². The van der Waals surface area contributed by atoms with Crippen LogP contribution < -0.4 is 5.32 Å². The molecule has 4 nitrogen and oxygen atoms in total. The van der Waals surface area contributed by atoms with Crippen LogP contribution in [0.4, 0.5) is 4.79 Å². The fraction of sp³-hybridized carbons (Fsp3) is 0.273. The van der Waals surface area contributed by atoms with Crippen LogP contribution in [0.25, 0.3) is 0 Å². The van der Waals surface area contributed by atoms with Gasteiger partial charge < -0.3 is 5.32 Å². The zero-order valence-corrected chi connectivity index (χ0v) is 8.49. The molecule has 0 aromatic heterocycles. The van der Waals surface area contributed by atoms with Crippen LogP contribution in [0.1, 0.15) is 15.9 Å². The van der Waals surface area contributed by atoms with E-state index in [-0.39, 0.29) is 11.9 Å². The van der Waals surface area contributed by atoms with Crippen LogP contribution >= 0.6 is 0 Å². The van der Waals surface area contributed by atoms with Crippen molar-refractivity contribution < 1.29 is 9.59 Å². The third-order valence-corrected chi connectivity index (χ3v) is 2.37. The summed E-state index contributed by atoms with van der Waals surface area (Å²) in [6, 6.07) is 6.94. The predicted molar refractivity (Wildman–Crippen MR) is 55.6 cm³/mol. The molecule has 3 amide bonds. The largest absolute Gasteiger partial charge is 0.336 e. The summed E-state index contributed by atoms with van der Waals surface area (Å²) in [6.45, 7) is 2.91. The molecule has 1 aliphatic rings. The number of rotatable bonds is 1. The van der Waals surface area contributed by atoms with E-state index < -0.39 is 0 Å². The minimum absolute atomic E-state index is 0.228. The molecule has 1 fully saturated rings. The molecule has 15 heavy (non-hydrogen) atoms. The summed E-state index contributed by atoms with van der Waals surface area (Å²) < 4.78 is 0. The molecule has 1 N–H and O–H groups in total. The first-order valence-corrected chi connectivity index (χ1v) is 4.85. The third kappa shape index (κ3) is 1.83. The molecule has 0 unspecified atom stereocenters. The minimum Gasteiger partial charge on any atom is -0.336 e. The number of amides is 3. The topological polar surface area (TPSA) is 49.4 Å². The SMILES string of the molecule is Cc1cccc(C(=O)N2CCNC2=O)c1. The normalized spacial score (nSPS) is 15.3. The number of carbonyl (C=O) groups excluding carboxylic acids is 2. The lowest BCUT2D eigenvalue weighted by Gasteiger charge is -2.12. The Morgan fingerprint density at radius 1 is 1.47 bits per heavy atom. The number of imide groups is 1. The molecule has 0 saturated carbocycles. The van der Waals surface area contributed by atoms with Gasteiger partial charge in [0.2, 0.25) is 0 Å². The van der Waals surface area contributed by atoms with Crippen LogP contribution in [0.2, 0.25) is 0 Å². The number of nitrogens with one attached hydrogen (secondary N) is 1. The molecular formula is C11H12N2O2. The van der Waals surface area contributed by atoms with Gasteiger partial charge in [-0.3, -0.25) is 9.69 Å². The van der Waals surface area contributed by atoms with Crippen molar-refractivity contribution in [2.75, 3.05) is 13.1 Å². The van der Waals surface area contributed by atoms with E-state index in [2.05, 4.69) is 5.32 Å². The predicted octanol–water partition coefficient (Wildman–Crippen LogP) is 1.16. The molecular weight excluding hydrogens is 192 g/mol. The monoisotopic (exact) mass is 204 g/mol. The summed E-state index contributed by atoms with van der Waals surface area (Å²) in [5.74, 6) is -0.228. The second kappa shape index (κ2) is 3.73. The van der Waals surface area contributed by atoms with Gasteiger partial charge in [0, 0.05) is 18.7 Å². The van der Waals surface area contributed by atoms with Crippen molar-refractivity contribution in [1.29, 1.82) is 0 Å². The average Bonchev–Trinajstić information content (AvgIpc) is 2.63. The van der Waals surface area contributed by atoms with E-state index in [0.717, 1.165) is 5.56 Å². The molecule has 0 spiro atoms. The molecule has 0 atom stereocenters. The number of carbonyl (C=O) groups is 2. The Labute approximate surface area is 87.9 Å². The van der Waals surface area contributed by atoms with Crippen LogP contribution in [0.15, 0.2) is 24.3 Å². The molecule has 2 rings (SSSR count). The summed E-state index contributed by atoms with van der Waals surface area (Å²) in [6.07, 6.45) is 0. The highest BCUT2D eigenvalue weighted by atomic mass is 16.2. The van der Waals surface area contributed by atoms with Crippen molar-refractivity contribution in [2.24, 2.45) is 0 Å². The van der Waals surface area contributed by atoms with E-state index in [1.54, 1.807) is 12.1 Å². The molecule has 1 aromatic rings. The zero-order chi connectivity index (χ0) is 10.8. The van der Waals surface area contributed by atoms with E-state index in [0.29, 0.717) is 18.7 Å². The first kappa shape index (κ1) is 9.71. The highest BCUT2D eigenvalue weighted by molar-refractivity contribution is 6.05. The van der Waals surface area contributed by atoms with Crippen LogP contribution in [0, 0.1) is 6.92 Å². The Balaban J connectivity index is 2.24. The van der Waals surface area contributed by atoms with Crippen molar-refractivity contribution in [1.82, 2.24) is 10.2 Å². The number of hydrogen-bond acceptors (Lipinski definition) is 2. The molecule has 4 heteroatoms. The van der Waals surface area contributed by atoms with Gasteiger partial charge in [-0.25, -0.2) is 4.79 Å². The summed E-state index contributed by atoms with van der Waals surface area (Å²) in [5.41, 5.74) is 1.58. The standard InChI is InChI=1S/C11H12N2O2/c1-8-3-2-4-9(7-8)10(14)13-6-5-12-11(13)15/h2-4,7H,5-6H2,1H3,(H,12,15). The fourth-order valence-corrected chi connectivity index (χ4v) is 1.60. The molecule has 0 aliphatic carbocycles. The number of benzene rings is 1. The Hall–Kier alpha value is -1.84. The van der Waals surface area contributed by atoms with Gasteiger partial charge in [-0.2, -0.15) is 0 Å². The lowest BCUT2D eigenvalue weighted by molar-refractivity contribution is 0.0829. The molecule has 1 aromatic carbocycles. The van der Waals surface area contributed by atoms with Crippen LogP contribution in [0.3, 0.4) is 0 Å². The van der Waals surface area contributed by atoms with Gasteiger partial charge in [-0.1, -0.05) is 17.7 Å². The van der Waals surface area contributed by atoms with Gasteiger partial charge in [0.25, 0.3) is 5.91 Å². The van der Waals surface area contributed by atoms with Crippen molar-refractivity contribution in [3.63, 3.8) is 0 Å². The highest BCUT2D eigenvalue weighted by Crippen LogP contribution is 2.09. The van der Waals surface area contributed by atoms with Crippen molar-refractivity contribution in [3.8, 4) is 0 Å². The fourth-order valence-electron chi connectivity index (χ4n) is 1.60. The van der Waals surface area contributed by atoms with Crippen molar-refractivity contribution in [2.45, 2.75) is 6.92 Å². The Morgan fingerprint density at radius 3 is 2.87 bits per heavy atom. The number of hydrogen-bond donors (Lipinski definition) is 1. The average molecular weight is 204 g/mol. The van der Waals surface area contributed by atoms with Gasteiger partial charge in [0.05, 0.1) is 0 Å². The lowest BCUT2D eigenvalue weighted by Crippen LogP contribution is -2.34. The quantitative estimate of drug-likeness (QED) is 0.746. The van der Waals surface area contributed by atoms with E-state index >= 15 is 0 Å². The smallest absolute Gasteiger partial charge is 0.324 e. The molecule has 1 aliphatic heterocycles. The van der Waals surface area contributed by atoms with Crippen LogP contribution in [0.5, 0.6) is 0 Å². The first-order chi connectivity index (χ1) is 7.18. The van der Waals surface area contributed by atoms with Gasteiger partial charge >= 0.3 is 6.03 Å². The number of urea groups is 1. The van der Waals surface area contributed by atoms with Gasteiger partial charge in [-0.15, -0.1) is 0 Å². The maximum atomic E-state index is 11.9. The summed E-state index contributed by atoms with van der Waals surface area (Å²) in [7, 11) is 0. The summed E-state index contributed by atoms with van der Waals surface area (Å²) in [4.78, 5) is 24.4. The maximum absolute atomic E-state index is 11.9. The summed E-state index contributed by atoms with van der Waals surface area (Å²) in [5, 5.41) is 2.60. The molecule has 78 valence electrons. The van der Waals surface area contributed by atoms with Gasteiger partial charge in [0.1, 0.15) is 0 Å². The lowest BCUT2D eigenvalue weighted by atomic mass is 10.1. The van der Waals surface area contributed by atoms with Crippen LogP contribution in [-0.4, -0.2) is 29.9 Å². The zero-order valence-electron chi connectivity index (χ0n) is 8.49. The highest BCUT2D eigenvalue weighted by Gasteiger charge is 2.26. The third-order valence-electron chi connectivity index (χ3n) is 2.37. The number of nitrogens with zero attached hydrogens (tertiary/aromatic N) is 1. The number of aryl methyl sites for hydroxylation is 1. The Bertz CT molecular complexity index is 415. The van der Waals surface area contributed by atoms with Crippen LogP contribution in [-0.2, 0) is 0 Å². The summed E-state index contributed by atoms with van der Waals surface area (Å²) >= 11 is 0. The molecule has 0 radical (unpaired) electrons. The molecule has 1 saturated heterocycles. The van der Waals surface area contributed by atoms with Gasteiger partial charge in [-0.05, 0) is 19.1 Å².